The van der Waals surface area contributed by atoms with E-state index in [2.05, 4.69) is 22.9 Å². The Bertz CT molecular complexity index is 1490. The fourth-order valence-corrected chi connectivity index (χ4v) is 5.54. The third-order valence-corrected chi connectivity index (χ3v) is 7.53. The molecule has 1 atom stereocenters. The number of hydrogen-bond donors (Lipinski definition) is 1. The molecule has 0 heterocycles. The summed E-state index contributed by atoms with van der Waals surface area (Å²) in [5.41, 5.74) is 4.85. The third-order valence-electron chi connectivity index (χ3n) is 6.21. The molecule has 1 unspecified atom stereocenters. The molecule has 1 N–H and O–H groups in total. The van der Waals surface area contributed by atoms with Gasteiger partial charge in [0.05, 0.1) is 17.4 Å². The van der Waals surface area contributed by atoms with Crippen molar-refractivity contribution in [1.29, 1.82) is 5.26 Å². The van der Waals surface area contributed by atoms with Crippen LogP contribution in [0, 0.1) is 11.3 Å². The number of hydrogen-bond acceptors (Lipinski definition) is 4. The summed E-state index contributed by atoms with van der Waals surface area (Å²) < 4.78 is 33.7. The highest BCUT2D eigenvalue weighted by Gasteiger charge is 2.28. The maximum Gasteiger partial charge on any atom is 0.215 e. The quantitative estimate of drug-likeness (QED) is 0.392. The van der Waals surface area contributed by atoms with Crippen molar-refractivity contribution >= 4 is 20.8 Å². The van der Waals surface area contributed by atoms with Crippen LogP contribution >= 0.6 is 0 Å². The zero-order valence-corrected chi connectivity index (χ0v) is 19.4. The summed E-state index contributed by atoms with van der Waals surface area (Å²) in [6.07, 6.45) is 0.860. The fraction of sp³-hybridized carbons (Fsp3) is 0.179. The Morgan fingerprint density at radius 3 is 2.53 bits per heavy atom. The van der Waals surface area contributed by atoms with Gasteiger partial charge in [-0.15, -0.1) is 0 Å². The minimum atomic E-state index is -3.39. The molecular weight excluding hydrogens is 444 g/mol. The van der Waals surface area contributed by atoms with Crippen molar-refractivity contribution in [2.75, 3.05) is 6.54 Å². The molecule has 170 valence electrons. The van der Waals surface area contributed by atoms with E-state index >= 15 is 0 Å². The van der Waals surface area contributed by atoms with Crippen LogP contribution in [0.15, 0.2) is 84.9 Å². The molecule has 0 saturated carbocycles. The predicted molar refractivity (Wildman–Crippen MR) is 133 cm³/mol. The number of sulfonamides is 1. The molecule has 5 nitrogen and oxygen atoms in total. The highest BCUT2D eigenvalue weighted by Crippen LogP contribution is 2.37. The Hall–Kier alpha value is -3.66. The van der Waals surface area contributed by atoms with E-state index in [0.29, 0.717) is 18.7 Å². The van der Waals surface area contributed by atoms with E-state index in [1.807, 2.05) is 72.8 Å². The summed E-state index contributed by atoms with van der Waals surface area (Å²) in [6.45, 7) is 0.823. The second kappa shape index (κ2) is 9.30. The van der Waals surface area contributed by atoms with Gasteiger partial charge in [-0.3, -0.25) is 0 Å². The lowest BCUT2D eigenvalue weighted by molar-refractivity contribution is 0.305. The van der Waals surface area contributed by atoms with Crippen LogP contribution in [0.25, 0.3) is 10.8 Å². The van der Waals surface area contributed by atoms with Crippen molar-refractivity contribution in [2.45, 2.75) is 24.7 Å². The van der Waals surface area contributed by atoms with Crippen LogP contribution in [0.3, 0.4) is 0 Å². The Labute approximate surface area is 199 Å². The average molecular weight is 469 g/mol. The van der Waals surface area contributed by atoms with Crippen LogP contribution in [0.5, 0.6) is 5.75 Å². The van der Waals surface area contributed by atoms with Crippen molar-refractivity contribution < 1.29 is 13.2 Å². The van der Waals surface area contributed by atoms with Crippen LogP contribution in [-0.2, 0) is 28.8 Å². The molecule has 5 rings (SSSR count). The number of nitriles is 1. The second-order valence-corrected chi connectivity index (χ2v) is 10.5. The van der Waals surface area contributed by atoms with Gasteiger partial charge in [0, 0.05) is 12.5 Å². The predicted octanol–water partition coefficient (Wildman–Crippen LogP) is 5.05. The Kier molecular flexibility index (Phi) is 6.06. The molecule has 0 radical (unpaired) electrons. The van der Waals surface area contributed by atoms with E-state index in [1.54, 1.807) is 0 Å². The molecule has 34 heavy (non-hydrogen) atoms. The summed E-state index contributed by atoms with van der Waals surface area (Å²) >= 11 is 0. The highest BCUT2D eigenvalue weighted by molar-refractivity contribution is 7.88. The van der Waals surface area contributed by atoms with Crippen molar-refractivity contribution in [2.24, 2.45) is 0 Å². The van der Waals surface area contributed by atoms with Gasteiger partial charge in [0.1, 0.15) is 12.4 Å². The molecule has 0 amide bonds. The summed E-state index contributed by atoms with van der Waals surface area (Å²) in [6, 6.07) is 29.1. The first-order valence-corrected chi connectivity index (χ1v) is 12.8. The third kappa shape index (κ3) is 4.96. The topological polar surface area (TPSA) is 79.2 Å². The van der Waals surface area contributed by atoms with E-state index in [4.69, 9.17) is 10.00 Å². The van der Waals surface area contributed by atoms with Gasteiger partial charge in [-0.1, -0.05) is 54.6 Å². The van der Waals surface area contributed by atoms with Gasteiger partial charge in [-0.05, 0) is 69.8 Å². The molecule has 0 aromatic heterocycles. The van der Waals surface area contributed by atoms with Crippen LogP contribution in [0.1, 0.15) is 33.7 Å². The lowest BCUT2D eigenvalue weighted by atomic mass is 9.77. The maximum absolute atomic E-state index is 12.5. The smallest absolute Gasteiger partial charge is 0.215 e. The first-order valence-electron chi connectivity index (χ1n) is 11.2. The Morgan fingerprint density at radius 1 is 0.912 bits per heavy atom. The Balaban J connectivity index is 1.20. The lowest BCUT2D eigenvalue weighted by Gasteiger charge is -2.30. The molecule has 1 aliphatic carbocycles. The molecule has 4 aromatic rings. The van der Waals surface area contributed by atoms with Crippen molar-refractivity contribution in [3.05, 3.63) is 113 Å². The minimum absolute atomic E-state index is 0.0137. The van der Waals surface area contributed by atoms with E-state index in [0.717, 1.165) is 39.6 Å². The molecule has 0 spiro atoms. The monoisotopic (exact) mass is 468 g/mol. The summed E-state index contributed by atoms with van der Waals surface area (Å²) in [4.78, 5) is 0. The number of nitrogens with zero attached hydrogens (tertiary/aromatic N) is 1. The first-order chi connectivity index (χ1) is 16.5. The van der Waals surface area contributed by atoms with Crippen molar-refractivity contribution in [1.82, 2.24) is 4.72 Å². The maximum atomic E-state index is 12.5. The zero-order valence-electron chi connectivity index (χ0n) is 18.6. The standard InChI is InChI=1S/C28H24N2O3S/c29-16-21-6-8-24-13-22(7-9-23(24)12-21)18-33-27-11-10-25-14-26(28(25)15-27)17-30-34(31,32)19-20-4-2-1-3-5-20/h1-13,15,26,30H,14,17-19H2. The van der Waals surface area contributed by atoms with Crippen molar-refractivity contribution in [3.8, 4) is 11.8 Å². The molecule has 0 fully saturated rings. The normalized spacial score (nSPS) is 14.7. The largest absolute Gasteiger partial charge is 0.489 e. The molecule has 0 saturated heterocycles. The minimum Gasteiger partial charge on any atom is -0.489 e. The highest BCUT2D eigenvalue weighted by atomic mass is 32.2. The van der Waals surface area contributed by atoms with Gasteiger partial charge in [0.2, 0.25) is 10.0 Å². The van der Waals surface area contributed by atoms with Crippen LogP contribution in [0.2, 0.25) is 0 Å². The number of fused-ring (bicyclic) bond motifs is 2. The second-order valence-electron chi connectivity index (χ2n) is 8.65. The lowest BCUT2D eigenvalue weighted by Crippen LogP contribution is -2.33. The number of rotatable bonds is 8. The molecule has 6 heteroatoms. The van der Waals surface area contributed by atoms with Gasteiger partial charge in [0.25, 0.3) is 0 Å². The van der Waals surface area contributed by atoms with E-state index in [-0.39, 0.29) is 11.7 Å². The Morgan fingerprint density at radius 2 is 1.71 bits per heavy atom. The SMILES string of the molecule is N#Cc1ccc2cc(COc3ccc4c(c3)C(CNS(=O)(=O)Cc3ccccc3)C4)ccc2c1. The number of benzene rings is 4. The van der Waals surface area contributed by atoms with Gasteiger partial charge < -0.3 is 4.74 Å². The fourth-order valence-electron chi connectivity index (χ4n) is 4.35. The summed E-state index contributed by atoms with van der Waals surface area (Å²) in [5, 5.41) is 11.2. The molecule has 0 aliphatic heterocycles. The van der Waals surface area contributed by atoms with Gasteiger partial charge in [-0.25, -0.2) is 13.1 Å². The number of ether oxygens (including phenoxy) is 1. The van der Waals surface area contributed by atoms with Gasteiger partial charge in [0.15, 0.2) is 0 Å². The average Bonchev–Trinajstić information content (AvgIpc) is 2.83. The van der Waals surface area contributed by atoms with Crippen molar-refractivity contribution in [3.63, 3.8) is 0 Å². The zero-order chi connectivity index (χ0) is 23.5. The van der Waals surface area contributed by atoms with Crippen LogP contribution in [-0.4, -0.2) is 15.0 Å². The van der Waals surface area contributed by atoms with Gasteiger partial charge >= 0.3 is 0 Å². The van der Waals surface area contributed by atoms with Crippen LogP contribution in [0.4, 0.5) is 0 Å². The molecule has 0 bridgehead atoms. The number of nitrogens with one attached hydrogen (secondary N) is 1. The van der Waals surface area contributed by atoms with E-state index in [1.165, 1.54) is 5.56 Å². The summed E-state index contributed by atoms with van der Waals surface area (Å²) in [7, 11) is -3.39. The molecule has 1 aliphatic rings. The van der Waals surface area contributed by atoms with E-state index in [9.17, 15) is 8.42 Å². The van der Waals surface area contributed by atoms with E-state index < -0.39 is 10.0 Å². The van der Waals surface area contributed by atoms with Crippen LogP contribution < -0.4 is 9.46 Å². The van der Waals surface area contributed by atoms with Gasteiger partial charge in [-0.2, -0.15) is 5.26 Å². The molecular formula is C28H24N2O3S. The first kappa shape index (κ1) is 22.1. The summed E-state index contributed by atoms with van der Waals surface area (Å²) in [5.74, 6) is 0.912. The molecule has 4 aromatic carbocycles.